The van der Waals surface area contributed by atoms with E-state index in [0.717, 1.165) is 16.9 Å². The highest BCUT2D eigenvalue weighted by atomic mass is 16.5. The lowest BCUT2D eigenvalue weighted by atomic mass is 10.1. The van der Waals surface area contributed by atoms with Crippen LogP contribution >= 0.6 is 0 Å². The quantitative estimate of drug-likeness (QED) is 0.810. The average molecular weight is 236 g/mol. The van der Waals surface area contributed by atoms with Gasteiger partial charge in [0.1, 0.15) is 5.75 Å². The highest BCUT2D eigenvalue weighted by molar-refractivity contribution is 5.75. The second kappa shape index (κ2) is 5.57. The summed E-state index contributed by atoms with van der Waals surface area (Å²) in [6.45, 7) is 4.27. The second-order valence-corrected chi connectivity index (χ2v) is 4.31. The van der Waals surface area contributed by atoms with Gasteiger partial charge in [-0.25, -0.2) is 0 Å². The number of ether oxygens (including phenoxy) is 1. The SMILES string of the molecule is Cc1ccc(N)c(C)c1OCCC(=O)N(C)C. The van der Waals surface area contributed by atoms with Crippen LogP contribution in [0.5, 0.6) is 5.75 Å². The van der Waals surface area contributed by atoms with Gasteiger partial charge < -0.3 is 15.4 Å². The third-order valence-electron chi connectivity index (χ3n) is 2.71. The number of carbonyl (C=O) groups excluding carboxylic acids is 1. The second-order valence-electron chi connectivity index (χ2n) is 4.31. The Kier molecular flexibility index (Phi) is 4.37. The Morgan fingerprint density at radius 3 is 2.59 bits per heavy atom. The molecule has 0 spiro atoms. The van der Waals surface area contributed by atoms with Crippen molar-refractivity contribution in [2.75, 3.05) is 26.4 Å². The first-order valence-corrected chi connectivity index (χ1v) is 5.62. The van der Waals surface area contributed by atoms with Crippen molar-refractivity contribution in [3.05, 3.63) is 23.3 Å². The van der Waals surface area contributed by atoms with Crippen LogP contribution in [0.4, 0.5) is 5.69 Å². The molecule has 17 heavy (non-hydrogen) atoms. The molecule has 1 rings (SSSR count). The number of hydrogen-bond donors (Lipinski definition) is 1. The zero-order valence-electron chi connectivity index (χ0n) is 10.9. The zero-order chi connectivity index (χ0) is 13.0. The molecule has 1 aromatic rings. The monoisotopic (exact) mass is 236 g/mol. The van der Waals surface area contributed by atoms with Crippen molar-refractivity contribution < 1.29 is 9.53 Å². The lowest BCUT2D eigenvalue weighted by molar-refractivity contribution is -0.129. The van der Waals surface area contributed by atoms with Gasteiger partial charge in [-0.3, -0.25) is 4.79 Å². The molecule has 0 aliphatic rings. The number of nitrogen functional groups attached to an aromatic ring is 1. The number of nitrogens with zero attached hydrogens (tertiary/aromatic N) is 1. The molecule has 0 aromatic heterocycles. The van der Waals surface area contributed by atoms with E-state index in [1.54, 1.807) is 19.0 Å². The summed E-state index contributed by atoms with van der Waals surface area (Å²) in [7, 11) is 3.47. The zero-order valence-corrected chi connectivity index (χ0v) is 10.9. The molecule has 94 valence electrons. The number of amides is 1. The highest BCUT2D eigenvalue weighted by Gasteiger charge is 2.09. The Bertz CT molecular complexity index is 414. The molecular formula is C13H20N2O2. The fourth-order valence-corrected chi connectivity index (χ4v) is 1.53. The predicted octanol–water partition coefficient (Wildman–Crippen LogP) is 1.74. The van der Waals surface area contributed by atoms with Crippen molar-refractivity contribution in [3.63, 3.8) is 0 Å². The van der Waals surface area contributed by atoms with Gasteiger partial charge in [-0.1, -0.05) is 6.07 Å². The molecule has 0 atom stereocenters. The summed E-state index contributed by atoms with van der Waals surface area (Å²) >= 11 is 0. The van der Waals surface area contributed by atoms with Gasteiger partial charge in [0.2, 0.25) is 5.91 Å². The molecule has 1 aromatic carbocycles. The molecule has 0 saturated carbocycles. The van der Waals surface area contributed by atoms with E-state index in [2.05, 4.69) is 0 Å². The van der Waals surface area contributed by atoms with Gasteiger partial charge in [-0.15, -0.1) is 0 Å². The first-order chi connectivity index (χ1) is 7.93. The number of carbonyl (C=O) groups is 1. The van der Waals surface area contributed by atoms with Crippen LogP contribution in [0.1, 0.15) is 17.5 Å². The van der Waals surface area contributed by atoms with Crippen LogP contribution in [0.3, 0.4) is 0 Å². The molecule has 0 fully saturated rings. The predicted molar refractivity (Wildman–Crippen MR) is 69.1 cm³/mol. The standard InChI is InChI=1S/C13H20N2O2/c1-9-5-6-11(14)10(2)13(9)17-8-7-12(16)15(3)4/h5-6H,7-8,14H2,1-4H3. The van der Waals surface area contributed by atoms with Crippen LogP contribution in [0, 0.1) is 13.8 Å². The Labute approximate surface area is 102 Å². The Morgan fingerprint density at radius 1 is 1.35 bits per heavy atom. The lowest BCUT2D eigenvalue weighted by Crippen LogP contribution is -2.23. The van der Waals surface area contributed by atoms with E-state index in [1.165, 1.54) is 0 Å². The molecular weight excluding hydrogens is 216 g/mol. The molecule has 0 bridgehead atoms. The summed E-state index contributed by atoms with van der Waals surface area (Å²) in [5.41, 5.74) is 8.50. The summed E-state index contributed by atoms with van der Waals surface area (Å²) in [6.07, 6.45) is 0.376. The molecule has 0 aliphatic carbocycles. The van der Waals surface area contributed by atoms with Gasteiger partial charge in [0.15, 0.2) is 0 Å². The minimum absolute atomic E-state index is 0.0595. The van der Waals surface area contributed by atoms with E-state index in [4.69, 9.17) is 10.5 Å². The fourth-order valence-electron chi connectivity index (χ4n) is 1.53. The van der Waals surface area contributed by atoms with E-state index in [1.807, 2.05) is 26.0 Å². The molecule has 0 radical (unpaired) electrons. The molecule has 0 saturated heterocycles. The number of nitrogens with two attached hydrogens (primary N) is 1. The molecule has 0 aliphatic heterocycles. The first kappa shape index (κ1) is 13.4. The lowest BCUT2D eigenvalue weighted by Gasteiger charge is -2.15. The van der Waals surface area contributed by atoms with Gasteiger partial charge in [-0.05, 0) is 25.5 Å². The van der Waals surface area contributed by atoms with Gasteiger partial charge in [0.05, 0.1) is 13.0 Å². The van der Waals surface area contributed by atoms with E-state index in [9.17, 15) is 4.79 Å². The Morgan fingerprint density at radius 2 is 2.00 bits per heavy atom. The van der Waals surface area contributed by atoms with E-state index in [0.29, 0.717) is 18.7 Å². The van der Waals surface area contributed by atoms with Crippen LogP contribution in [-0.4, -0.2) is 31.5 Å². The molecule has 4 nitrogen and oxygen atoms in total. The maximum atomic E-state index is 11.4. The largest absolute Gasteiger partial charge is 0.492 e. The van der Waals surface area contributed by atoms with E-state index < -0.39 is 0 Å². The van der Waals surface area contributed by atoms with Crippen molar-refractivity contribution in [3.8, 4) is 5.75 Å². The maximum Gasteiger partial charge on any atom is 0.225 e. The van der Waals surface area contributed by atoms with Crippen molar-refractivity contribution in [2.24, 2.45) is 0 Å². The summed E-state index contributed by atoms with van der Waals surface area (Å²) < 4.78 is 5.64. The van der Waals surface area contributed by atoms with Crippen molar-refractivity contribution >= 4 is 11.6 Å². The minimum Gasteiger partial charge on any atom is -0.492 e. The third-order valence-corrected chi connectivity index (χ3v) is 2.71. The van der Waals surface area contributed by atoms with Crippen LogP contribution < -0.4 is 10.5 Å². The highest BCUT2D eigenvalue weighted by Crippen LogP contribution is 2.27. The summed E-state index contributed by atoms with van der Waals surface area (Å²) in [5.74, 6) is 0.848. The summed E-state index contributed by atoms with van der Waals surface area (Å²) in [4.78, 5) is 12.9. The number of aryl methyl sites for hydroxylation is 1. The number of hydrogen-bond acceptors (Lipinski definition) is 3. The first-order valence-electron chi connectivity index (χ1n) is 5.62. The van der Waals surface area contributed by atoms with Crippen LogP contribution in [-0.2, 0) is 4.79 Å². The van der Waals surface area contributed by atoms with Gasteiger partial charge in [-0.2, -0.15) is 0 Å². The molecule has 0 unspecified atom stereocenters. The van der Waals surface area contributed by atoms with E-state index >= 15 is 0 Å². The van der Waals surface area contributed by atoms with Crippen molar-refractivity contribution in [1.82, 2.24) is 4.90 Å². The minimum atomic E-state index is 0.0595. The van der Waals surface area contributed by atoms with E-state index in [-0.39, 0.29) is 5.91 Å². The molecule has 4 heteroatoms. The van der Waals surface area contributed by atoms with Gasteiger partial charge in [0, 0.05) is 25.3 Å². The van der Waals surface area contributed by atoms with Gasteiger partial charge >= 0.3 is 0 Å². The Balaban J connectivity index is 2.64. The summed E-state index contributed by atoms with van der Waals surface area (Å²) in [6, 6.07) is 3.79. The third kappa shape index (κ3) is 3.37. The molecule has 2 N–H and O–H groups in total. The number of rotatable bonds is 4. The average Bonchev–Trinajstić information content (AvgIpc) is 2.28. The maximum absolute atomic E-state index is 11.4. The molecule has 0 heterocycles. The smallest absolute Gasteiger partial charge is 0.225 e. The fraction of sp³-hybridized carbons (Fsp3) is 0.462. The van der Waals surface area contributed by atoms with Crippen LogP contribution in [0.2, 0.25) is 0 Å². The van der Waals surface area contributed by atoms with Crippen molar-refractivity contribution in [1.29, 1.82) is 0 Å². The summed E-state index contributed by atoms with van der Waals surface area (Å²) in [5, 5.41) is 0. The topological polar surface area (TPSA) is 55.6 Å². The van der Waals surface area contributed by atoms with Gasteiger partial charge in [0.25, 0.3) is 0 Å². The number of anilines is 1. The normalized spacial score (nSPS) is 10.1. The molecule has 1 amide bonds. The van der Waals surface area contributed by atoms with Crippen molar-refractivity contribution in [2.45, 2.75) is 20.3 Å². The van der Waals surface area contributed by atoms with Crippen LogP contribution in [0.15, 0.2) is 12.1 Å². The Hall–Kier alpha value is -1.71. The van der Waals surface area contributed by atoms with Crippen LogP contribution in [0.25, 0.3) is 0 Å². The number of benzene rings is 1.